The highest BCUT2D eigenvalue weighted by molar-refractivity contribution is 5.68. The highest BCUT2D eigenvalue weighted by Crippen LogP contribution is 2.28. The number of hydrogen-bond acceptors (Lipinski definition) is 7. The van der Waals surface area contributed by atoms with Gasteiger partial charge in [-0.1, -0.05) is 30.3 Å². The van der Waals surface area contributed by atoms with Gasteiger partial charge in [0.15, 0.2) is 5.82 Å². The second-order valence-electron chi connectivity index (χ2n) is 7.94. The van der Waals surface area contributed by atoms with Crippen LogP contribution in [-0.4, -0.2) is 70.5 Å². The lowest BCUT2D eigenvalue weighted by Gasteiger charge is -2.43. The summed E-state index contributed by atoms with van der Waals surface area (Å²) in [6.07, 6.45) is 0. The Balaban J connectivity index is 1.33. The van der Waals surface area contributed by atoms with E-state index in [0.29, 0.717) is 6.04 Å². The normalized spacial score (nSPS) is 17.7. The molecule has 4 heterocycles. The van der Waals surface area contributed by atoms with Crippen molar-refractivity contribution in [1.29, 1.82) is 0 Å². The van der Waals surface area contributed by atoms with Crippen LogP contribution in [0.1, 0.15) is 11.4 Å². The molecular weight excluding hydrogens is 378 g/mol. The topological polar surface area (TPSA) is 82.2 Å². The summed E-state index contributed by atoms with van der Waals surface area (Å²) in [6, 6.07) is 12.8. The summed E-state index contributed by atoms with van der Waals surface area (Å²) >= 11 is 0. The first-order valence-electron chi connectivity index (χ1n) is 10.5. The van der Waals surface area contributed by atoms with E-state index in [1.807, 2.05) is 31.2 Å². The number of piperazine rings is 1. The van der Waals surface area contributed by atoms with Gasteiger partial charge < -0.3 is 15.0 Å². The van der Waals surface area contributed by atoms with Crippen molar-refractivity contribution < 1.29 is 4.74 Å². The van der Waals surface area contributed by atoms with E-state index in [0.717, 1.165) is 79.5 Å². The zero-order chi connectivity index (χ0) is 20.5. The molecule has 2 fully saturated rings. The molecule has 2 aliphatic heterocycles. The molecule has 0 radical (unpaired) electrons. The molecule has 0 unspecified atom stereocenters. The van der Waals surface area contributed by atoms with Gasteiger partial charge >= 0.3 is 0 Å². The Morgan fingerprint density at radius 1 is 1.03 bits per heavy atom. The van der Waals surface area contributed by atoms with Crippen molar-refractivity contribution >= 4 is 17.5 Å². The van der Waals surface area contributed by atoms with Crippen molar-refractivity contribution in [2.24, 2.45) is 0 Å². The van der Waals surface area contributed by atoms with Crippen LogP contribution in [0.2, 0.25) is 0 Å². The molecule has 2 N–H and O–H groups in total. The van der Waals surface area contributed by atoms with Crippen LogP contribution in [0.25, 0.3) is 11.3 Å². The van der Waals surface area contributed by atoms with Crippen LogP contribution in [0.15, 0.2) is 36.4 Å². The first-order chi connectivity index (χ1) is 14.7. The van der Waals surface area contributed by atoms with Crippen molar-refractivity contribution in [1.82, 2.24) is 25.1 Å². The van der Waals surface area contributed by atoms with Crippen LogP contribution in [0.3, 0.4) is 0 Å². The Bertz CT molecular complexity index is 1010. The smallest absolute Gasteiger partial charge is 0.153 e. The van der Waals surface area contributed by atoms with Crippen LogP contribution in [-0.2, 0) is 4.74 Å². The Morgan fingerprint density at radius 3 is 2.50 bits per heavy atom. The van der Waals surface area contributed by atoms with Crippen molar-refractivity contribution in [2.45, 2.75) is 19.9 Å². The van der Waals surface area contributed by atoms with Crippen molar-refractivity contribution in [3.8, 4) is 11.3 Å². The predicted molar refractivity (Wildman–Crippen MR) is 117 cm³/mol. The molecule has 156 valence electrons. The van der Waals surface area contributed by atoms with Crippen molar-refractivity contribution in [2.75, 3.05) is 49.6 Å². The van der Waals surface area contributed by atoms with E-state index in [1.165, 1.54) is 0 Å². The minimum absolute atomic E-state index is 0.594. The maximum atomic E-state index is 5.34. The molecule has 0 aliphatic carbocycles. The number of ether oxygens (including phenoxy) is 1. The molecule has 8 nitrogen and oxygen atoms in total. The van der Waals surface area contributed by atoms with Crippen LogP contribution in [0.4, 0.5) is 17.5 Å². The van der Waals surface area contributed by atoms with Crippen LogP contribution in [0, 0.1) is 13.8 Å². The van der Waals surface area contributed by atoms with Gasteiger partial charge in [-0.2, -0.15) is 5.10 Å². The predicted octanol–water partition coefficient (Wildman–Crippen LogP) is 2.75. The Kier molecular flexibility index (Phi) is 5.10. The summed E-state index contributed by atoms with van der Waals surface area (Å²) in [4.78, 5) is 14.3. The van der Waals surface area contributed by atoms with Gasteiger partial charge in [0, 0.05) is 37.8 Å². The molecular formula is C22H27N7O. The molecule has 3 aromatic rings. The van der Waals surface area contributed by atoms with Gasteiger partial charge in [-0.25, -0.2) is 9.97 Å². The molecule has 0 saturated carbocycles. The summed E-state index contributed by atoms with van der Waals surface area (Å²) < 4.78 is 5.34. The standard InChI is InChI=1S/C22H27N7O/c1-15-21(25-20-12-19(26-27-20)17-6-4-3-5-7-17)23-16(2)24-22(15)29-10-8-28(9-11-29)18-13-30-14-18/h3-7,12,18H,8-11,13-14H2,1-2H3,(H2,23,24,25,26,27). The minimum Gasteiger partial charge on any atom is -0.378 e. The first-order valence-corrected chi connectivity index (χ1v) is 10.5. The summed E-state index contributed by atoms with van der Waals surface area (Å²) in [5.41, 5.74) is 3.12. The zero-order valence-electron chi connectivity index (χ0n) is 17.4. The molecule has 2 aromatic heterocycles. The molecule has 2 saturated heterocycles. The van der Waals surface area contributed by atoms with E-state index in [-0.39, 0.29) is 0 Å². The second kappa shape index (κ2) is 8.04. The van der Waals surface area contributed by atoms with Crippen LogP contribution < -0.4 is 10.2 Å². The average molecular weight is 406 g/mol. The molecule has 2 aliphatic rings. The minimum atomic E-state index is 0.594. The maximum Gasteiger partial charge on any atom is 0.153 e. The largest absolute Gasteiger partial charge is 0.378 e. The van der Waals surface area contributed by atoms with Crippen molar-refractivity contribution in [3.63, 3.8) is 0 Å². The van der Waals surface area contributed by atoms with Gasteiger partial charge in [0.1, 0.15) is 17.5 Å². The lowest BCUT2D eigenvalue weighted by Crippen LogP contribution is -2.56. The fourth-order valence-corrected chi connectivity index (χ4v) is 4.05. The van der Waals surface area contributed by atoms with Crippen LogP contribution in [0.5, 0.6) is 0 Å². The number of H-pyrrole nitrogens is 1. The molecule has 1 aromatic carbocycles. The summed E-state index contributed by atoms with van der Waals surface area (Å²) in [7, 11) is 0. The van der Waals surface area contributed by atoms with Crippen LogP contribution >= 0.6 is 0 Å². The van der Waals surface area contributed by atoms with E-state index >= 15 is 0 Å². The molecule has 0 bridgehead atoms. The number of aromatic amines is 1. The Hall–Kier alpha value is -2.97. The van der Waals surface area contributed by atoms with Crippen molar-refractivity contribution in [3.05, 3.63) is 47.8 Å². The van der Waals surface area contributed by atoms with E-state index in [2.05, 4.69) is 49.4 Å². The Morgan fingerprint density at radius 2 is 1.80 bits per heavy atom. The molecule has 30 heavy (non-hydrogen) atoms. The second-order valence-corrected chi connectivity index (χ2v) is 7.94. The summed E-state index contributed by atoms with van der Waals surface area (Å²) in [6.45, 7) is 9.77. The summed E-state index contributed by atoms with van der Waals surface area (Å²) in [5, 5.41) is 10.9. The monoisotopic (exact) mass is 405 g/mol. The Labute approximate surface area is 176 Å². The van der Waals surface area contributed by atoms with Gasteiger partial charge in [0.05, 0.1) is 24.9 Å². The average Bonchev–Trinajstić information content (AvgIpc) is 3.19. The lowest BCUT2D eigenvalue weighted by atomic mass is 10.1. The number of anilines is 3. The number of benzene rings is 1. The van der Waals surface area contributed by atoms with E-state index in [9.17, 15) is 0 Å². The first kappa shape index (κ1) is 19.0. The fourth-order valence-electron chi connectivity index (χ4n) is 4.05. The van der Waals surface area contributed by atoms with Gasteiger partial charge in [-0.15, -0.1) is 0 Å². The van der Waals surface area contributed by atoms with Gasteiger partial charge in [0.25, 0.3) is 0 Å². The van der Waals surface area contributed by atoms with Gasteiger partial charge in [-0.3, -0.25) is 10.00 Å². The number of nitrogens with zero attached hydrogens (tertiary/aromatic N) is 5. The SMILES string of the molecule is Cc1nc(Nc2cc(-c3ccccc3)[nH]n2)c(C)c(N2CCN(C3COC3)CC2)n1. The molecule has 0 spiro atoms. The molecule has 5 rings (SSSR count). The highest BCUT2D eigenvalue weighted by Gasteiger charge is 2.30. The number of hydrogen-bond donors (Lipinski definition) is 2. The fraction of sp³-hybridized carbons (Fsp3) is 0.409. The maximum absolute atomic E-state index is 5.34. The third-order valence-corrected chi connectivity index (χ3v) is 5.89. The van der Waals surface area contributed by atoms with E-state index in [1.54, 1.807) is 0 Å². The lowest BCUT2D eigenvalue weighted by molar-refractivity contribution is -0.0661. The van der Waals surface area contributed by atoms with Gasteiger partial charge in [0.2, 0.25) is 0 Å². The number of nitrogens with one attached hydrogen (secondary N) is 2. The molecule has 0 atom stereocenters. The quantitative estimate of drug-likeness (QED) is 0.675. The summed E-state index contributed by atoms with van der Waals surface area (Å²) in [5.74, 6) is 3.31. The third-order valence-electron chi connectivity index (χ3n) is 5.89. The molecule has 0 amide bonds. The molecule has 8 heteroatoms. The highest BCUT2D eigenvalue weighted by atomic mass is 16.5. The number of aryl methyl sites for hydroxylation is 1. The number of rotatable bonds is 5. The van der Waals surface area contributed by atoms with E-state index < -0.39 is 0 Å². The third kappa shape index (κ3) is 3.76. The number of aromatic nitrogens is 4. The van der Waals surface area contributed by atoms with Gasteiger partial charge in [-0.05, 0) is 19.4 Å². The van der Waals surface area contributed by atoms with E-state index in [4.69, 9.17) is 9.72 Å². The zero-order valence-corrected chi connectivity index (χ0v) is 17.4.